The highest BCUT2D eigenvalue weighted by Crippen LogP contribution is 2.44. The average Bonchev–Trinajstić information content (AvgIpc) is 3.36. The number of fused-ring (bicyclic) bond motifs is 3. The number of hydrogen-bond donors (Lipinski definition) is 1. The molecule has 1 aromatic heterocycles. The maximum Gasteiger partial charge on any atom is 0.190 e. The summed E-state index contributed by atoms with van der Waals surface area (Å²) in [6.07, 6.45) is 8.67. The van der Waals surface area contributed by atoms with Gasteiger partial charge in [-0.1, -0.05) is 49.6 Å². The van der Waals surface area contributed by atoms with Crippen LogP contribution in [0.3, 0.4) is 0 Å². The van der Waals surface area contributed by atoms with Crippen molar-refractivity contribution < 1.29 is 0 Å². The summed E-state index contributed by atoms with van der Waals surface area (Å²) in [6.45, 7) is 0. The van der Waals surface area contributed by atoms with Crippen LogP contribution in [0.5, 0.6) is 0 Å². The van der Waals surface area contributed by atoms with Crippen molar-refractivity contribution in [2.24, 2.45) is 11.0 Å². The van der Waals surface area contributed by atoms with Crippen LogP contribution >= 0.6 is 23.6 Å². The van der Waals surface area contributed by atoms with Gasteiger partial charge in [0.25, 0.3) is 0 Å². The Morgan fingerprint density at radius 3 is 2.74 bits per heavy atom. The van der Waals surface area contributed by atoms with Crippen molar-refractivity contribution in [1.29, 1.82) is 0 Å². The van der Waals surface area contributed by atoms with Gasteiger partial charge < -0.3 is 5.32 Å². The largest absolute Gasteiger partial charge is 0.358 e. The molecule has 1 saturated carbocycles. The first-order valence-corrected chi connectivity index (χ1v) is 11.4. The molecule has 2 atom stereocenters. The lowest BCUT2D eigenvalue weighted by Gasteiger charge is -2.32. The Labute approximate surface area is 170 Å². The molecule has 5 rings (SSSR count). The molecule has 3 aliphatic rings. The first-order chi connectivity index (χ1) is 13.3. The summed E-state index contributed by atoms with van der Waals surface area (Å²) >= 11 is 7.70. The fourth-order valence-electron chi connectivity index (χ4n) is 4.86. The summed E-state index contributed by atoms with van der Waals surface area (Å²) < 4.78 is 0. The third-order valence-electron chi connectivity index (χ3n) is 6.20. The highest BCUT2D eigenvalue weighted by molar-refractivity contribution is 7.80. The van der Waals surface area contributed by atoms with Crippen LogP contribution in [0, 0.1) is 5.92 Å². The van der Waals surface area contributed by atoms with E-state index in [2.05, 4.69) is 52.1 Å². The Balaban J connectivity index is 1.48. The zero-order valence-corrected chi connectivity index (χ0v) is 17.1. The summed E-state index contributed by atoms with van der Waals surface area (Å²) in [5, 5.41) is 13.8. The molecule has 1 fully saturated rings. The van der Waals surface area contributed by atoms with E-state index in [1.807, 2.05) is 11.3 Å². The maximum absolute atomic E-state index is 5.88. The van der Waals surface area contributed by atoms with E-state index in [1.165, 1.54) is 53.8 Å². The number of hydrogen-bond acceptors (Lipinski definition) is 3. The third kappa shape index (κ3) is 3.21. The molecule has 1 N–H and O–H groups in total. The number of thiocarbonyl (C=S) groups is 1. The molecule has 27 heavy (non-hydrogen) atoms. The number of nitrogens with one attached hydrogen (secondary N) is 1. The number of nitrogens with zero attached hydrogens (tertiary/aromatic N) is 2. The summed E-state index contributed by atoms with van der Waals surface area (Å²) in [5.41, 5.74) is 3.96. The first kappa shape index (κ1) is 17.4. The molecule has 2 aliphatic carbocycles. The van der Waals surface area contributed by atoms with E-state index in [1.54, 1.807) is 0 Å². The van der Waals surface area contributed by atoms with Gasteiger partial charge in [-0.05, 0) is 54.9 Å². The van der Waals surface area contributed by atoms with Gasteiger partial charge >= 0.3 is 0 Å². The molecular formula is C22H25N3S2. The zero-order chi connectivity index (χ0) is 18.2. The van der Waals surface area contributed by atoms with Crippen molar-refractivity contribution in [1.82, 2.24) is 10.3 Å². The molecule has 1 aliphatic heterocycles. The van der Waals surface area contributed by atoms with Gasteiger partial charge in [0.1, 0.15) is 0 Å². The van der Waals surface area contributed by atoms with Gasteiger partial charge in [-0.3, -0.25) is 0 Å². The highest BCUT2D eigenvalue weighted by atomic mass is 32.1. The molecule has 0 bridgehead atoms. The Hall–Kier alpha value is -1.72. The molecule has 3 nitrogen and oxygen atoms in total. The van der Waals surface area contributed by atoms with E-state index in [-0.39, 0.29) is 6.04 Å². The van der Waals surface area contributed by atoms with E-state index >= 15 is 0 Å². The molecule has 2 aromatic rings. The number of aryl methyl sites for hydroxylation is 1. The van der Waals surface area contributed by atoms with Crippen molar-refractivity contribution in [3.63, 3.8) is 0 Å². The van der Waals surface area contributed by atoms with E-state index in [0.29, 0.717) is 12.0 Å². The zero-order valence-electron chi connectivity index (χ0n) is 15.4. The molecule has 0 saturated heterocycles. The molecule has 0 spiro atoms. The van der Waals surface area contributed by atoms with Gasteiger partial charge in [-0.25, -0.2) is 5.01 Å². The SMILES string of the molecule is S=C(NC1CCCCC1)N1N=C2c3ccccc3CC[C@H]2[C@@H]1c1cccs1. The van der Waals surface area contributed by atoms with Crippen LogP contribution in [0.2, 0.25) is 0 Å². The normalized spacial score (nSPS) is 24.9. The molecule has 0 radical (unpaired) electrons. The Bertz CT molecular complexity index is 852. The Morgan fingerprint density at radius 2 is 1.93 bits per heavy atom. The Kier molecular flexibility index (Phi) is 4.74. The number of rotatable bonds is 2. The van der Waals surface area contributed by atoms with Gasteiger partial charge in [0.2, 0.25) is 0 Å². The average molecular weight is 396 g/mol. The van der Waals surface area contributed by atoms with Crippen LogP contribution in [-0.2, 0) is 6.42 Å². The topological polar surface area (TPSA) is 27.6 Å². The maximum atomic E-state index is 5.88. The molecule has 0 unspecified atom stereocenters. The summed E-state index contributed by atoms with van der Waals surface area (Å²) in [6, 6.07) is 13.9. The standard InChI is InChI=1S/C22H25N3S2/c26-22(23-16-8-2-1-3-9-16)25-21(19-11-6-14-27-19)18-13-12-15-7-4-5-10-17(15)20(18)24-25/h4-7,10-11,14,16,18,21H,1-3,8-9,12-13H2,(H,23,26)/t18-,21-/m1/s1. The van der Waals surface area contributed by atoms with Crippen LogP contribution in [0.25, 0.3) is 0 Å². The van der Waals surface area contributed by atoms with Crippen LogP contribution in [0.15, 0.2) is 46.9 Å². The molecule has 1 aromatic carbocycles. The minimum absolute atomic E-state index is 0.233. The second-order valence-electron chi connectivity index (χ2n) is 7.88. The van der Waals surface area contributed by atoms with Crippen molar-refractivity contribution in [2.45, 2.75) is 57.0 Å². The Morgan fingerprint density at radius 1 is 1.07 bits per heavy atom. The van der Waals surface area contributed by atoms with Crippen molar-refractivity contribution in [3.05, 3.63) is 57.8 Å². The fourth-order valence-corrected chi connectivity index (χ4v) is 6.05. The van der Waals surface area contributed by atoms with Crippen LogP contribution in [-0.4, -0.2) is 21.9 Å². The van der Waals surface area contributed by atoms with Crippen molar-refractivity contribution in [2.75, 3.05) is 0 Å². The van der Waals surface area contributed by atoms with E-state index in [4.69, 9.17) is 17.3 Å². The smallest absolute Gasteiger partial charge is 0.190 e. The monoisotopic (exact) mass is 395 g/mol. The second kappa shape index (κ2) is 7.36. The van der Waals surface area contributed by atoms with Crippen LogP contribution in [0.1, 0.15) is 60.6 Å². The fraction of sp³-hybridized carbons (Fsp3) is 0.455. The number of hydrazone groups is 1. The van der Waals surface area contributed by atoms with Gasteiger partial charge in [0.15, 0.2) is 5.11 Å². The number of thiophene rings is 1. The predicted molar refractivity (Wildman–Crippen MR) is 116 cm³/mol. The lowest BCUT2D eigenvalue weighted by Crippen LogP contribution is -2.44. The summed E-state index contributed by atoms with van der Waals surface area (Å²) in [7, 11) is 0. The third-order valence-corrected chi connectivity index (χ3v) is 7.45. The highest BCUT2D eigenvalue weighted by Gasteiger charge is 2.43. The van der Waals surface area contributed by atoms with Crippen LogP contribution in [0.4, 0.5) is 0 Å². The first-order valence-electron chi connectivity index (χ1n) is 10.1. The van der Waals surface area contributed by atoms with Gasteiger partial charge in [-0.2, -0.15) is 5.10 Å². The second-order valence-corrected chi connectivity index (χ2v) is 9.24. The van der Waals surface area contributed by atoms with Gasteiger partial charge in [0, 0.05) is 22.4 Å². The minimum atomic E-state index is 0.233. The molecule has 2 heterocycles. The van der Waals surface area contributed by atoms with E-state index in [9.17, 15) is 0 Å². The molecular weight excluding hydrogens is 370 g/mol. The summed E-state index contributed by atoms with van der Waals surface area (Å²) in [4.78, 5) is 1.37. The van der Waals surface area contributed by atoms with E-state index in [0.717, 1.165) is 18.0 Å². The van der Waals surface area contributed by atoms with Crippen LogP contribution < -0.4 is 5.32 Å². The van der Waals surface area contributed by atoms with E-state index < -0.39 is 0 Å². The molecule has 5 heteroatoms. The van der Waals surface area contributed by atoms with Gasteiger partial charge in [-0.15, -0.1) is 11.3 Å². The lowest BCUT2D eigenvalue weighted by molar-refractivity contribution is 0.298. The predicted octanol–water partition coefficient (Wildman–Crippen LogP) is 5.28. The van der Waals surface area contributed by atoms with Crippen molar-refractivity contribution >= 4 is 34.4 Å². The minimum Gasteiger partial charge on any atom is -0.358 e. The lowest BCUT2D eigenvalue weighted by atomic mass is 9.79. The molecule has 0 amide bonds. The number of benzene rings is 1. The molecule has 140 valence electrons. The van der Waals surface area contributed by atoms with Gasteiger partial charge in [0.05, 0.1) is 11.8 Å². The summed E-state index contributed by atoms with van der Waals surface area (Å²) in [5.74, 6) is 0.421. The van der Waals surface area contributed by atoms with Crippen molar-refractivity contribution in [3.8, 4) is 0 Å². The quantitative estimate of drug-likeness (QED) is 0.701.